The summed E-state index contributed by atoms with van der Waals surface area (Å²) in [5.41, 5.74) is 0.938. The molecule has 1 aromatic carbocycles. The normalized spacial score (nSPS) is 16.2. The summed E-state index contributed by atoms with van der Waals surface area (Å²) in [4.78, 5) is 17.6. The first kappa shape index (κ1) is 22.6. The van der Waals surface area contributed by atoms with Gasteiger partial charge in [-0.3, -0.25) is 10.1 Å². The smallest absolute Gasteiger partial charge is 0.269 e. The largest absolute Gasteiger partial charge is 0.357 e. The van der Waals surface area contributed by atoms with Crippen LogP contribution in [0.4, 0.5) is 5.69 Å². The maximum absolute atomic E-state index is 10.9. The first-order valence-electron chi connectivity index (χ1n) is 9.01. The van der Waals surface area contributed by atoms with Gasteiger partial charge >= 0.3 is 0 Å². The van der Waals surface area contributed by atoms with Crippen LogP contribution in [-0.2, 0) is 6.54 Å². The summed E-state index contributed by atoms with van der Waals surface area (Å²) in [5, 5.41) is 17.6. The van der Waals surface area contributed by atoms with E-state index < -0.39 is 0 Å². The van der Waals surface area contributed by atoms with E-state index in [9.17, 15) is 10.1 Å². The van der Waals surface area contributed by atoms with Crippen molar-refractivity contribution >= 4 is 35.6 Å². The molecule has 0 aromatic heterocycles. The molecule has 26 heavy (non-hydrogen) atoms. The van der Waals surface area contributed by atoms with Gasteiger partial charge in [0.1, 0.15) is 0 Å². The molecule has 0 amide bonds. The van der Waals surface area contributed by atoms with Crippen LogP contribution in [0.5, 0.6) is 0 Å². The number of nitrogens with one attached hydrogen (secondary N) is 2. The number of nitrogens with zero attached hydrogens (tertiary/aromatic N) is 3. The lowest BCUT2D eigenvalue weighted by Gasteiger charge is -2.35. The van der Waals surface area contributed by atoms with E-state index in [2.05, 4.69) is 34.4 Å². The third-order valence-electron chi connectivity index (χ3n) is 4.49. The van der Waals surface area contributed by atoms with Crippen molar-refractivity contribution in [1.29, 1.82) is 0 Å². The Morgan fingerprint density at radius 2 is 2.08 bits per heavy atom. The number of non-ortho nitro benzene ring substituents is 1. The average molecular weight is 475 g/mol. The number of likely N-dealkylation sites (tertiary alicyclic amines) is 1. The van der Waals surface area contributed by atoms with E-state index >= 15 is 0 Å². The number of hydrogen-bond acceptors (Lipinski definition) is 4. The molecule has 0 atom stereocenters. The molecule has 0 aliphatic carbocycles. The Kier molecular flexibility index (Phi) is 9.85. The Morgan fingerprint density at radius 3 is 2.65 bits per heavy atom. The van der Waals surface area contributed by atoms with E-state index in [-0.39, 0.29) is 34.6 Å². The number of nitro groups is 1. The molecule has 0 bridgehead atoms. The number of piperidine rings is 1. The van der Waals surface area contributed by atoms with Crippen molar-refractivity contribution in [2.24, 2.45) is 4.99 Å². The van der Waals surface area contributed by atoms with Crippen molar-refractivity contribution in [3.63, 3.8) is 0 Å². The Hall–Kier alpha value is -1.42. The molecule has 0 saturated carbocycles. The molecule has 1 fully saturated rings. The third-order valence-corrected chi connectivity index (χ3v) is 4.49. The fourth-order valence-electron chi connectivity index (χ4n) is 3.01. The van der Waals surface area contributed by atoms with Crippen LogP contribution in [0, 0.1) is 10.1 Å². The zero-order valence-electron chi connectivity index (χ0n) is 15.8. The molecule has 1 aliphatic rings. The maximum Gasteiger partial charge on any atom is 0.269 e. The monoisotopic (exact) mass is 475 g/mol. The summed E-state index contributed by atoms with van der Waals surface area (Å²) in [6, 6.07) is 7.65. The molecule has 2 N–H and O–H groups in total. The van der Waals surface area contributed by atoms with Gasteiger partial charge in [0.25, 0.3) is 5.69 Å². The summed E-state index contributed by atoms with van der Waals surface area (Å²) in [5.74, 6) is 0.775. The van der Waals surface area contributed by atoms with E-state index in [0.29, 0.717) is 18.6 Å². The van der Waals surface area contributed by atoms with Crippen molar-refractivity contribution < 1.29 is 4.92 Å². The van der Waals surface area contributed by atoms with E-state index in [4.69, 9.17) is 0 Å². The second-order valence-corrected chi connectivity index (χ2v) is 6.67. The molecule has 8 heteroatoms. The summed E-state index contributed by atoms with van der Waals surface area (Å²) >= 11 is 0. The number of benzene rings is 1. The van der Waals surface area contributed by atoms with Crippen LogP contribution in [0.1, 0.15) is 39.2 Å². The van der Waals surface area contributed by atoms with Crippen molar-refractivity contribution in [2.75, 3.05) is 19.6 Å². The SMILES string of the molecule is CCNC(=NCc1cccc([N+](=O)[O-])c1)NC1CCN(C(C)C)CC1.I. The molecule has 0 unspecified atom stereocenters. The van der Waals surface area contributed by atoms with Gasteiger partial charge in [0.15, 0.2) is 5.96 Å². The fourth-order valence-corrected chi connectivity index (χ4v) is 3.01. The summed E-state index contributed by atoms with van der Waals surface area (Å²) in [6.45, 7) is 9.90. The highest BCUT2D eigenvalue weighted by atomic mass is 127. The molecule has 1 aliphatic heterocycles. The van der Waals surface area contributed by atoms with Gasteiger partial charge < -0.3 is 15.5 Å². The molecule has 0 spiro atoms. The van der Waals surface area contributed by atoms with E-state index in [1.165, 1.54) is 6.07 Å². The standard InChI is InChI=1S/C18H29N5O2.HI/c1-4-19-18(21-16-8-10-22(11-9-16)14(2)3)20-13-15-6-5-7-17(12-15)23(24)25;/h5-7,12,14,16H,4,8-11,13H2,1-3H3,(H2,19,20,21);1H. The zero-order chi connectivity index (χ0) is 18.2. The molecule has 1 heterocycles. The van der Waals surface area contributed by atoms with Gasteiger partial charge in [-0.2, -0.15) is 0 Å². The summed E-state index contributed by atoms with van der Waals surface area (Å²) < 4.78 is 0. The van der Waals surface area contributed by atoms with E-state index in [1.54, 1.807) is 12.1 Å². The number of rotatable bonds is 6. The van der Waals surface area contributed by atoms with Crippen LogP contribution < -0.4 is 10.6 Å². The minimum absolute atomic E-state index is 0. The topological polar surface area (TPSA) is 82.8 Å². The lowest BCUT2D eigenvalue weighted by molar-refractivity contribution is -0.384. The molecular weight excluding hydrogens is 445 g/mol. The van der Waals surface area contributed by atoms with Gasteiger partial charge in [0.2, 0.25) is 0 Å². The van der Waals surface area contributed by atoms with E-state index in [1.807, 2.05) is 13.0 Å². The first-order valence-corrected chi connectivity index (χ1v) is 9.01. The van der Waals surface area contributed by atoms with Crippen LogP contribution in [-0.4, -0.2) is 47.5 Å². The molecule has 2 rings (SSSR count). The van der Waals surface area contributed by atoms with Crippen LogP contribution >= 0.6 is 24.0 Å². The molecular formula is C18H30IN5O2. The average Bonchev–Trinajstić information content (AvgIpc) is 2.60. The van der Waals surface area contributed by atoms with Crippen molar-refractivity contribution in [1.82, 2.24) is 15.5 Å². The first-order chi connectivity index (χ1) is 12.0. The highest BCUT2D eigenvalue weighted by Gasteiger charge is 2.21. The minimum Gasteiger partial charge on any atom is -0.357 e. The Morgan fingerprint density at radius 1 is 1.38 bits per heavy atom. The lowest BCUT2D eigenvalue weighted by Crippen LogP contribution is -2.49. The number of hydrogen-bond donors (Lipinski definition) is 2. The lowest BCUT2D eigenvalue weighted by atomic mass is 10.0. The molecule has 146 valence electrons. The fraction of sp³-hybridized carbons (Fsp3) is 0.611. The number of aliphatic imine (C=N–C) groups is 1. The highest BCUT2D eigenvalue weighted by Crippen LogP contribution is 2.15. The summed E-state index contributed by atoms with van der Waals surface area (Å²) in [7, 11) is 0. The van der Waals surface area contributed by atoms with Crippen molar-refractivity contribution in [3.05, 3.63) is 39.9 Å². The number of nitro benzene ring substituents is 1. The molecule has 7 nitrogen and oxygen atoms in total. The zero-order valence-corrected chi connectivity index (χ0v) is 18.1. The van der Waals surface area contributed by atoms with Gasteiger partial charge in [-0.1, -0.05) is 12.1 Å². The van der Waals surface area contributed by atoms with Crippen LogP contribution in [0.3, 0.4) is 0 Å². The minimum atomic E-state index is -0.376. The van der Waals surface area contributed by atoms with Crippen LogP contribution in [0.25, 0.3) is 0 Å². The number of halogens is 1. The quantitative estimate of drug-likeness (QED) is 0.217. The van der Waals surface area contributed by atoms with Crippen LogP contribution in [0.15, 0.2) is 29.3 Å². The van der Waals surface area contributed by atoms with Crippen molar-refractivity contribution in [2.45, 2.75) is 52.2 Å². The second-order valence-electron chi connectivity index (χ2n) is 6.67. The maximum atomic E-state index is 10.9. The molecule has 1 aromatic rings. The Bertz CT molecular complexity index is 601. The predicted molar refractivity (Wildman–Crippen MR) is 116 cm³/mol. The van der Waals surface area contributed by atoms with Gasteiger partial charge in [-0.15, -0.1) is 24.0 Å². The van der Waals surface area contributed by atoms with Gasteiger partial charge in [-0.05, 0) is 39.2 Å². The third kappa shape index (κ3) is 7.06. The predicted octanol–water partition coefficient (Wildman–Crippen LogP) is 3.14. The highest BCUT2D eigenvalue weighted by molar-refractivity contribution is 14.0. The van der Waals surface area contributed by atoms with E-state index in [0.717, 1.165) is 44.0 Å². The number of guanidine groups is 1. The van der Waals surface area contributed by atoms with Crippen molar-refractivity contribution in [3.8, 4) is 0 Å². The second kappa shape index (κ2) is 11.3. The molecule has 0 radical (unpaired) electrons. The Labute approximate surface area is 172 Å². The molecule has 1 saturated heterocycles. The Balaban J connectivity index is 0.00000338. The summed E-state index contributed by atoms with van der Waals surface area (Å²) in [6.07, 6.45) is 2.19. The van der Waals surface area contributed by atoms with Gasteiger partial charge in [0.05, 0.1) is 11.5 Å². The van der Waals surface area contributed by atoms with Gasteiger partial charge in [0, 0.05) is 43.9 Å². The van der Waals surface area contributed by atoms with Crippen LogP contribution in [0.2, 0.25) is 0 Å². The van der Waals surface area contributed by atoms with Gasteiger partial charge in [-0.25, -0.2) is 4.99 Å².